The van der Waals surface area contributed by atoms with Crippen LogP contribution in [0, 0.1) is 0 Å². The largest absolute Gasteiger partial charge is 0.393 e. The van der Waals surface area contributed by atoms with E-state index in [0.29, 0.717) is 18.5 Å². The molecule has 0 heterocycles. The van der Waals surface area contributed by atoms with Crippen molar-refractivity contribution < 1.29 is 18.0 Å². The minimum atomic E-state index is -4.26. The first-order valence-electron chi connectivity index (χ1n) is 6.55. The minimum absolute atomic E-state index is 0. The van der Waals surface area contributed by atoms with Crippen molar-refractivity contribution in [1.82, 2.24) is 0 Å². The number of alkyl halides is 3. The number of amides is 1. The summed E-state index contributed by atoms with van der Waals surface area (Å²) in [6.45, 7) is 0. The average Bonchev–Trinajstić information content (AvgIpc) is 2.76. The Hall–Kier alpha value is -1.27. The van der Waals surface area contributed by atoms with E-state index in [9.17, 15) is 18.0 Å². The molecular weight excluding hydrogens is 305 g/mol. The molecule has 3 N–H and O–H groups in total. The molecule has 0 saturated heterocycles. The molecule has 1 aromatic carbocycles. The summed E-state index contributed by atoms with van der Waals surface area (Å²) in [7, 11) is 0. The van der Waals surface area contributed by atoms with Gasteiger partial charge in [-0.15, -0.1) is 12.4 Å². The lowest BCUT2D eigenvalue weighted by atomic mass is 9.98. The third-order valence-corrected chi connectivity index (χ3v) is 3.54. The van der Waals surface area contributed by atoms with E-state index in [1.165, 1.54) is 18.2 Å². The number of hydrogen-bond acceptors (Lipinski definition) is 2. The second-order valence-corrected chi connectivity index (χ2v) is 5.31. The topological polar surface area (TPSA) is 55.1 Å². The van der Waals surface area contributed by atoms with Crippen LogP contribution in [0.25, 0.3) is 0 Å². The summed E-state index contributed by atoms with van der Waals surface area (Å²) in [5.74, 6) is -0.320. The minimum Gasteiger partial charge on any atom is -0.324 e. The van der Waals surface area contributed by atoms with E-state index < -0.39 is 18.1 Å². The molecule has 1 amide bonds. The summed E-state index contributed by atoms with van der Waals surface area (Å²) in [6, 6.07) is 5.78. The maximum Gasteiger partial charge on any atom is 0.393 e. The summed E-state index contributed by atoms with van der Waals surface area (Å²) < 4.78 is 37.0. The Bertz CT molecular complexity index is 499. The highest BCUT2D eigenvalue weighted by Gasteiger charge is 2.37. The molecule has 0 atom stereocenters. The highest BCUT2D eigenvalue weighted by molar-refractivity contribution is 5.98. The van der Waals surface area contributed by atoms with Gasteiger partial charge in [0, 0.05) is 5.69 Å². The number of nitrogens with two attached hydrogens (primary N) is 1. The van der Waals surface area contributed by atoms with Crippen molar-refractivity contribution in [3.8, 4) is 0 Å². The van der Waals surface area contributed by atoms with Gasteiger partial charge in [0.25, 0.3) is 0 Å². The van der Waals surface area contributed by atoms with Crippen molar-refractivity contribution in [3.05, 3.63) is 29.8 Å². The van der Waals surface area contributed by atoms with E-state index >= 15 is 0 Å². The highest BCUT2D eigenvalue weighted by atomic mass is 35.5. The molecule has 7 heteroatoms. The number of benzene rings is 1. The molecule has 1 aliphatic rings. The fraction of sp³-hybridized carbons (Fsp3) is 0.500. The van der Waals surface area contributed by atoms with Crippen LogP contribution in [0.3, 0.4) is 0 Å². The van der Waals surface area contributed by atoms with Crippen molar-refractivity contribution in [3.63, 3.8) is 0 Å². The van der Waals surface area contributed by atoms with Crippen LogP contribution in [-0.2, 0) is 11.2 Å². The zero-order valence-electron chi connectivity index (χ0n) is 11.4. The molecule has 1 aromatic rings. The molecular formula is C14H18ClF3N2O. The second-order valence-electron chi connectivity index (χ2n) is 5.31. The van der Waals surface area contributed by atoms with Gasteiger partial charge in [0.2, 0.25) is 5.91 Å². The lowest BCUT2D eigenvalue weighted by Crippen LogP contribution is -2.48. The molecule has 3 nitrogen and oxygen atoms in total. The van der Waals surface area contributed by atoms with Crippen LogP contribution in [0.15, 0.2) is 24.3 Å². The van der Waals surface area contributed by atoms with Crippen LogP contribution in [0.5, 0.6) is 0 Å². The van der Waals surface area contributed by atoms with Crippen LogP contribution >= 0.6 is 12.4 Å². The smallest absolute Gasteiger partial charge is 0.324 e. The van der Waals surface area contributed by atoms with Crippen LogP contribution in [-0.4, -0.2) is 17.6 Å². The third kappa shape index (κ3) is 4.89. The lowest BCUT2D eigenvalue weighted by molar-refractivity contribution is -0.127. The Morgan fingerprint density at radius 3 is 2.48 bits per heavy atom. The molecule has 2 rings (SSSR count). The summed E-state index contributed by atoms with van der Waals surface area (Å²) in [4.78, 5) is 12.1. The van der Waals surface area contributed by atoms with Gasteiger partial charge in [-0.05, 0) is 30.5 Å². The lowest BCUT2D eigenvalue weighted by Gasteiger charge is -2.22. The number of halogens is 4. The van der Waals surface area contributed by atoms with E-state index in [1.54, 1.807) is 6.07 Å². The van der Waals surface area contributed by atoms with Gasteiger partial charge in [-0.25, -0.2) is 0 Å². The Balaban J connectivity index is 0.00000220. The monoisotopic (exact) mass is 322 g/mol. The molecule has 1 fully saturated rings. The SMILES string of the molecule is Cl.NC1(C(=O)Nc2cccc(CC(F)(F)F)c2)CCCC1. The number of carbonyl (C=O) groups is 1. The van der Waals surface area contributed by atoms with Crippen LogP contribution in [0.2, 0.25) is 0 Å². The average molecular weight is 323 g/mol. The molecule has 0 spiro atoms. The molecule has 0 aromatic heterocycles. The van der Waals surface area contributed by atoms with E-state index in [2.05, 4.69) is 5.32 Å². The summed E-state index contributed by atoms with van der Waals surface area (Å²) in [5, 5.41) is 2.62. The van der Waals surface area contributed by atoms with Gasteiger partial charge in [-0.1, -0.05) is 25.0 Å². The summed E-state index contributed by atoms with van der Waals surface area (Å²) >= 11 is 0. The highest BCUT2D eigenvalue weighted by Crippen LogP contribution is 2.29. The summed E-state index contributed by atoms with van der Waals surface area (Å²) in [6.07, 6.45) is -2.24. The van der Waals surface area contributed by atoms with Crippen molar-refractivity contribution in [2.75, 3.05) is 5.32 Å². The molecule has 21 heavy (non-hydrogen) atoms. The van der Waals surface area contributed by atoms with Gasteiger partial charge >= 0.3 is 6.18 Å². The van der Waals surface area contributed by atoms with Gasteiger partial charge in [0.15, 0.2) is 0 Å². The molecule has 1 aliphatic carbocycles. The molecule has 0 radical (unpaired) electrons. The Labute approximate surface area is 127 Å². The number of rotatable bonds is 3. The van der Waals surface area contributed by atoms with E-state index in [-0.39, 0.29) is 23.9 Å². The molecule has 0 unspecified atom stereocenters. The first-order valence-corrected chi connectivity index (χ1v) is 6.55. The van der Waals surface area contributed by atoms with Gasteiger partial charge < -0.3 is 11.1 Å². The Kier molecular flexibility index (Phi) is 5.64. The van der Waals surface area contributed by atoms with Gasteiger partial charge in [0.05, 0.1) is 12.0 Å². The van der Waals surface area contributed by atoms with Gasteiger partial charge in [-0.2, -0.15) is 13.2 Å². The molecule has 1 saturated carbocycles. The van der Waals surface area contributed by atoms with Gasteiger partial charge in [-0.3, -0.25) is 4.79 Å². The van der Waals surface area contributed by atoms with Crippen LogP contribution in [0.4, 0.5) is 18.9 Å². The van der Waals surface area contributed by atoms with Crippen LogP contribution in [0.1, 0.15) is 31.2 Å². The number of nitrogens with one attached hydrogen (secondary N) is 1. The Morgan fingerprint density at radius 2 is 1.90 bits per heavy atom. The normalized spacial score (nSPS) is 17.1. The van der Waals surface area contributed by atoms with Crippen molar-refractivity contribution in [1.29, 1.82) is 0 Å². The number of anilines is 1. The Morgan fingerprint density at radius 1 is 1.29 bits per heavy atom. The fourth-order valence-corrected chi connectivity index (χ4v) is 2.48. The van der Waals surface area contributed by atoms with Gasteiger partial charge in [0.1, 0.15) is 0 Å². The first-order chi connectivity index (χ1) is 9.28. The maximum atomic E-state index is 12.3. The standard InChI is InChI=1S/C14H17F3N2O.ClH/c15-14(16,17)9-10-4-3-5-11(8-10)19-12(20)13(18)6-1-2-7-13;/h3-5,8H,1-2,6-7,9,18H2,(H,19,20);1H. The van der Waals surface area contributed by atoms with Crippen molar-refractivity contribution in [2.45, 2.75) is 43.8 Å². The quantitative estimate of drug-likeness (QED) is 0.896. The molecule has 0 bridgehead atoms. The summed E-state index contributed by atoms with van der Waals surface area (Å²) in [5.41, 5.74) is 5.58. The molecule has 0 aliphatic heterocycles. The molecule has 118 valence electrons. The number of hydrogen-bond donors (Lipinski definition) is 2. The van der Waals surface area contributed by atoms with Crippen molar-refractivity contribution >= 4 is 24.0 Å². The third-order valence-electron chi connectivity index (χ3n) is 3.54. The second kappa shape index (κ2) is 6.66. The number of carbonyl (C=O) groups excluding carboxylic acids is 1. The van der Waals surface area contributed by atoms with Crippen LogP contribution < -0.4 is 11.1 Å². The van der Waals surface area contributed by atoms with E-state index in [0.717, 1.165) is 12.8 Å². The zero-order chi connectivity index (χ0) is 14.8. The predicted octanol–water partition coefficient (Wildman–Crippen LogP) is 3.42. The van der Waals surface area contributed by atoms with Crippen molar-refractivity contribution in [2.24, 2.45) is 5.73 Å². The van der Waals surface area contributed by atoms with E-state index in [1.807, 2.05) is 0 Å². The zero-order valence-corrected chi connectivity index (χ0v) is 12.2. The first kappa shape index (κ1) is 17.8. The van der Waals surface area contributed by atoms with E-state index in [4.69, 9.17) is 5.73 Å². The predicted molar refractivity (Wildman–Crippen MR) is 77.5 cm³/mol. The maximum absolute atomic E-state index is 12.3. The fourth-order valence-electron chi connectivity index (χ4n) is 2.48.